The molecule has 0 aliphatic heterocycles. The van der Waals surface area contributed by atoms with Gasteiger partial charge in [0.1, 0.15) is 11.9 Å². The summed E-state index contributed by atoms with van der Waals surface area (Å²) in [6, 6.07) is 4.12. The average Bonchev–Trinajstić information content (AvgIpc) is 2.20. The zero-order valence-corrected chi connectivity index (χ0v) is 9.85. The highest BCUT2D eigenvalue weighted by molar-refractivity contribution is 9.10. The van der Waals surface area contributed by atoms with Crippen LogP contribution in [0.25, 0.3) is 0 Å². The van der Waals surface area contributed by atoms with Crippen molar-refractivity contribution in [1.29, 1.82) is 0 Å². The Hall–Kier alpha value is -0.590. The van der Waals surface area contributed by atoms with Gasteiger partial charge in [0.05, 0.1) is 0 Å². The Morgan fingerprint density at radius 2 is 2.06 bits per heavy atom. The summed E-state index contributed by atoms with van der Waals surface area (Å²) in [5, 5.41) is 11.5. The van der Waals surface area contributed by atoms with Crippen molar-refractivity contribution >= 4 is 15.9 Å². The number of halogens is 4. The second kappa shape index (κ2) is 6.22. The minimum atomic E-state index is -2.76. The lowest BCUT2D eigenvalue weighted by Gasteiger charge is -2.11. The van der Waals surface area contributed by atoms with Crippen LogP contribution in [-0.4, -0.2) is 24.2 Å². The van der Waals surface area contributed by atoms with Crippen molar-refractivity contribution in [2.24, 2.45) is 0 Å². The molecule has 2 nitrogen and oxygen atoms in total. The summed E-state index contributed by atoms with van der Waals surface area (Å²) in [6.07, 6.45) is -4.44. The van der Waals surface area contributed by atoms with Crippen molar-refractivity contribution in [1.82, 2.24) is 5.32 Å². The molecule has 0 aliphatic rings. The molecule has 6 heteroatoms. The van der Waals surface area contributed by atoms with Gasteiger partial charge in [-0.1, -0.05) is 22.0 Å². The molecule has 1 unspecified atom stereocenters. The van der Waals surface area contributed by atoms with E-state index in [1.54, 1.807) is 6.07 Å². The van der Waals surface area contributed by atoms with Crippen molar-refractivity contribution in [2.45, 2.75) is 19.1 Å². The van der Waals surface area contributed by atoms with E-state index in [0.29, 0.717) is 4.47 Å². The number of nitrogens with one attached hydrogen (secondary N) is 1. The molecule has 0 fully saturated rings. The topological polar surface area (TPSA) is 32.3 Å². The van der Waals surface area contributed by atoms with Gasteiger partial charge in [-0.15, -0.1) is 0 Å². The highest BCUT2D eigenvalue weighted by Gasteiger charge is 2.15. The smallest absolute Gasteiger partial charge is 0.265 e. The van der Waals surface area contributed by atoms with Crippen LogP contribution in [0, 0.1) is 5.82 Å². The van der Waals surface area contributed by atoms with Crippen LogP contribution >= 0.6 is 15.9 Å². The zero-order chi connectivity index (χ0) is 12.1. The van der Waals surface area contributed by atoms with Gasteiger partial charge in [0.15, 0.2) is 0 Å². The van der Waals surface area contributed by atoms with Crippen LogP contribution in [0.5, 0.6) is 0 Å². The van der Waals surface area contributed by atoms with Gasteiger partial charge in [-0.3, -0.25) is 0 Å². The third kappa shape index (κ3) is 4.11. The summed E-state index contributed by atoms with van der Waals surface area (Å²) in [7, 11) is 0. The number of hydrogen-bond acceptors (Lipinski definition) is 2. The molecule has 0 aliphatic carbocycles. The van der Waals surface area contributed by atoms with Gasteiger partial charge in [-0.2, -0.15) is 0 Å². The lowest BCUT2D eigenvalue weighted by atomic mass is 10.2. The Morgan fingerprint density at radius 1 is 1.38 bits per heavy atom. The molecule has 1 atom stereocenters. The van der Waals surface area contributed by atoms with Gasteiger partial charge in [0.2, 0.25) is 0 Å². The van der Waals surface area contributed by atoms with E-state index in [-0.39, 0.29) is 18.9 Å². The van der Waals surface area contributed by atoms with Crippen LogP contribution < -0.4 is 5.32 Å². The first-order valence-corrected chi connectivity index (χ1v) is 5.41. The molecule has 0 bridgehead atoms. The average molecular weight is 298 g/mol. The fraction of sp³-hybridized carbons (Fsp3) is 0.400. The molecule has 1 rings (SSSR count). The molecule has 0 heterocycles. The third-order valence-corrected chi connectivity index (χ3v) is 2.71. The lowest BCUT2D eigenvalue weighted by Crippen LogP contribution is -2.31. The Kier molecular flexibility index (Phi) is 5.24. The van der Waals surface area contributed by atoms with E-state index in [1.165, 1.54) is 12.1 Å². The maximum absolute atomic E-state index is 12.7. The first-order valence-electron chi connectivity index (χ1n) is 4.61. The maximum Gasteiger partial charge on any atom is 0.265 e. The number of alkyl halides is 2. The molecule has 2 N–H and O–H groups in total. The van der Waals surface area contributed by atoms with Crippen molar-refractivity contribution < 1.29 is 18.3 Å². The monoisotopic (exact) mass is 297 g/mol. The second-order valence-electron chi connectivity index (χ2n) is 3.27. The highest BCUT2D eigenvalue weighted by Crippen LogP contribution is 2.17. The van der Waals surface area contributed by atoms with Gasteiger partial charge < -0.3 is 10.4 Å². The molecule has 1 aromatic rings. The van der Waals surface area contributed by atoms with Crippen LogP contribution in [0.2, 0.25) is 0 Å². The number of benzene rings is 1. The second-order valence-corrected chi connectivity index (χ2v) is 4.12. The van der Waals surface area contributed by atoms with Crippen LogP contribution in [0.1, 0.15) is 5.56 Å². The molecular weight excluding hydrogens is 287 g/mol. The molecule has 0 aromatic heterocycles. The van der Waals surface area contributed by atoms with E-state index in [9.17, 15) is 13.2 Å². The summed E-state index contributed by atoms with van der Waals surface area (Å²) in [5.74, 6) is -0.372. The van der Waals surface area contributed by atoms with Crippen LogP contribution in [0.15, 0.2) is 22.7 Å². The molecule has 0 radical (unpaired) electrons. The van der Waals surface area contributed by atoms with Gasteiger partial charge in [-0.05, 0) is 17.7 Å². The summed E-state index contributed by atoms with van der Waals surface area (Å²) in [4.78, 5) is 0. The van der Waals surface area contributed by atoms with E-state index in [4.69, 9.17) is 5.11 Å². The molecule has 0 saturated carbocycles. The Bertz CT molecular complexity index is 349. The molecule has 0 spiro atoms. The van der Waals surface area contributed by atoms with Gasteiger partial charge in [0.25, 0.3) is 6.43 Å². The number of aliphatic hydroxyl groups is 1. The Labute approximate surface area is 99.6 Å². The summed E-state index contributed by atoms with van der Waals surface area (Å²) in [6.45, 7) is 0.0755. The maximum atomic E-state index is 12.7. The van der Waals surface area contributed by atoms with E-state index in [1.807, 2.05) is 0 Å². The minimum absolute atomic E-state index is 0.207. The zero-order valence-electron chi connectivity index (χ0n) is 8.26. The van der Waals surface area contributed by atoms with E-state index in [2.05, 4.69) is 21.2 Å². The van der Waals surface area contributed by atoms with Crippen LogP contribution in [-0.2, 0) is 6.54 Å². The molecule has 16 heavy (non-hydrogen) atoms. The number of hydrogen-bond donors (Lipinski definition) is 2. The Morgan fingerprint density at radius 3 is 2.62 bits per heavy atom. The van der Waals surface area contributed by atoms with Crippen molar-refractivity contribution in [3.63, 3.8) is 0 Å². The fourth-order valence-electron chi connectivity index (χ4n) is 1.11. The molecular formula is C10H11BrF3NO. The summed E-state index contributed by atoms with van der Waals surface area (Å²) >= 11 is 3.15. The van der Waals surface area contributed by atoms with E-state index >= 15 is 0 Å². The van der Waals surface area contributed by atoms with Crippen LogP contribution in [0.4, 0.5) is 13.2 Å². The predicted octanol–water partition coefficient (Wildman–Crippen LogP) is 2.30. The largest absolute Gasteiger partial charge is 0.386 e. The quantitative estimate of drug-likeness (QED) is 0.874. The normalized spacial score (nSPS) is 13.1. The lowest BCUT2D eigenvalue weighted by molar-refractivity contribution is -0.00341. The number of rotatable bonds is 5. The summed E-state index contributed by atoms with van der Waals surface area (Å²) in [5.41, 5.74) is 0.739. The standard InChI is InChI=1S/C10H11BrF3NO/c11-8-3-7(12)2-1-6(8)4-15-5-9(16)10(13)14/h1-3,9-10,15-16H,4-5H2. The third-order valence-electron chi connectivity index (χ3n) is 1.97. The predicted molar refractivity (Wildman–Crippen MR) is 57.8 cm³/mol. The van der Waals surface area contributed by atoms with Crippen molar-refractivity contribution in [2.75, 3.05) is 6.54 Å². The van der Waals surface area contributed by atoms with Gasteiger partial charge in [0, 0.05) is 17.6 Å². The molecule has 0 amide bonds. The van der Waals surface area contributed by atoms with Crippen molar-refractivity contribution in [3.05, 3.63) is 34.1 Å². The first kappa shape index (κ1) is 13.5. The SMILES string of the molecule is OC(CNCc1ccc(F)cc1Br)C(F)F. The first-order chi connectivity index (χ1) is 7.50. The number of aliphatic hydroxyl groups excluding tert-OH is 1. The molecule has 0 saturated heterocycles. The minimum Gasteiger partial charge on any atom is -0.386 e. The Balaban J connectivity index is 2.43. The van der Waals surface area contributed by atoms with Crippen molar-refractivity contribution in [3.8, 4) is 0 Å². The molecule has 1 aromatic carbocycles. The van der Waals surface area contributed by atoms with Gasteiger partial charge in [-0.25, -0.2) is 13.2 Å². The highest BCUT2D eigenvalue weighted by atomic mass is 79.9. The van der Waals surface area contributed by atoms with E-state index < -0.39 is 12.5 Å². The molecule has 90 valence electrons. The fourth-order valence-corrected chi connectivity index (χ4v) is 1.60. The summed E-state index contributed by atoms with van der Waals surface area (Å²) < 4.78 is 37.2. The van der Waals surface area contributed by atoms with E-state index in [0.717, 1.165) is 5.56 Å². The van der Waals surface area contributed by atoms with Gasteiger partial charge >= 0.3 is 0 Å². The van der Waals surface area contributed by atoms with Crippen LogP contribution in [0.3, 0.4) is 0 Å².